The van der Waals surface area contributed by atoms with E-state index in [0.717, 1.165) is 19.4 Å². The van der Waals surface area contributed by atoms with E-state index in [1.54, 1.807) is 0 Å². The number of rotatable bonds is 4. The van der Waals surface area contributed by atoms with Gasteiger partial charge in [-0.1, -0.05) is 6.92 Å². The highest BCUT2D eigenvalue weighted by molar-refractivity contribution is 5.68. The predicted octanol–water partition coefficient (Wildman–Crippen LogP) is 2.84. The number of ether oxygens (including phenoxy) is 2. The van der Waals surface area contributed by atoms with Gasteiger partial charge >= 0.3 is 6.09 Å². The number of carbonyl (C=O) groups excluding carboxylic acids is 1. The summed E-state index contributed by atoms with van der Waals surface area (Å²) in [5.41, 5.74) is -0.0514. The summed E-state index contributed by atoms with van der Waals surface area (Å²) in [5.74, 6) is 0.410. The summed E-state index contributed by atoms with van der Waals surface area (Å²) in [6.45, 7) is 11.1. The van der Waals surface area contributed by atoms with Gasteiger partial charge in [0, 0.05) is 18.6 Å². The predicted molar refractivity (Wildman–Crippen MR) is 89.3 cm³/mol. The van der Waals surface area contributed by atoms with Crippen molar-refractivity contribution in [3.05, 3.63) is 0 Å². The van der Waals surface area contributed by atoms with Crippen molar-refractivity contribution in [1.82, 2.24) is 10.6 Å². The van der Waals surface area contributed by atoms with Gasteiger partial charge in [0.1, 0.15) is 5.60 Å². The Hall–Kier alpha value is -0.810. The third-order valence-corrected chi connectivity index (χ3v) is 5.83. The molecular weight excluding hydrogens is 292 g/mol. The largest absolute Gasteiger partial charge is 0.444 e. The summed E-state index contributed by atoms with van der Waals surface area (Å²) in [7, 11) is 0. The second kappa shape index (κ2) is 5.92. The summed E-state index contributed by atoms with van der Waals surface area (Å²) >= 11 is 0. The van der Waals surface area contributed by atoms with Crippen molar-refractivity contribution in [2.45, 2.75) is 90.1 Å². The van der Waals surface area contributed by atoms with E-state index in [2.05, 4.69) is 24.5 Å². The molecule has 0 spiro atoms. The third-order valence-electron chi connectivity index (χ3n) is 5.83. The molecule has 5 heteroatoms. The molecule has 3 aliphatic rings. The van der Waals surface area contributed by atoms with Gasteiger partial charge in [-0.15, -0.1) is 0 Å². The van der Waals surface area contributed by atoms with E-state index in [9.17, 15) is 4.79 Å². The monoisotopic (exact) mass is 324 g/mol. The SMILES string of the molecule is CC(NC1C(NC(=O)OC(C)(C)C)C2CCCOC21)C1(C)CC1. The van der Waals surface area contributed by atoms with E-state index in [-0.39, 0.29) is 24.3 Å². The van der Waals surface area contributed by atoms with Crippen LogP contribution in [0.5, 0.6) is 0 Å². The maximum absolute atomic E-state index is 12.2. The maximum Gasteiger partial charge on any atom is 0.407 e. The first-order valence-corrected chi connectivity index (χ1v) is 9.07. The Morgan fingerprint density at radius 1 is 1.30 bits per heavy atom. The number of hydrogen-bond acceptors (Lipinski definition) is 4. The van der Waals surface area contributed by atoms with Crippen LogP contribution in [0.3, 0.4) is 0 Å². The highest BCUT2D eigenvalue weighted by Gasteiger charge is 2.55. The molecule has 0 radical (unpaired) electrons. The first-order chi connectivity index (χ1) is 10.7. The van der Waals surface area contributed by atoms with Crippen LogP contribution in [0.4, 0.5) is 4.79 Å². The molecule has 3 fully saturated rings. The zero-order valence-corrected chi connectivity index (χ0v) is 15.1. The third kappa shape index (κ3) is 3.66. The standard InChI is InChI=1S/C18H32N2O3/c1-11(18(5)8-9-18)19-14-13(12-7-6-10-22-15(12)14)20-16(21)23-17(2,3)4/h11-15,19H,6-10H2,1-5H3,(H,20,21). The topological polar surface area (TPSA) is 59.6 Å². The summed E-state index contributed by atoms with van der Waals surface area (Å²) in [5, 5.41) is 6.84. The van der Waals surface area contributed by atoms with Crippen LogP contribution in [0, 0.1) is 11.3 Å². The average molecular weight is 324 g/mol. The lowest BCUT2D eigenvalue weighted by Crippen LogP contribution is -2.74. The molecule has 3 rings (SSSR count). The summed E-state index contributed by atoms with van der Waals surface area (Å²) in [6.07, 6.45) is 4.68. The van der Waals surface area contributed by atoms with Crippen LogP contribution >= 0.6 is 0 Å². The van der Waals surface area contributed by atoms with E-state index < -0.39 is 5.60 Å². The molecule has 0 aromatic carbocycles. The highest BCUT2D eigenvalue weighted by Crippen LogP contribution is 2.49. The van der Waals surface area contributed by atoms with Gasteiger partial charge in [-0.05, 0) is 58.8 Å². The van der Waals surface area contributed by atoms with Crippen molar-refractivity contribution in [3.63, 3.8) is 0 Å². The van der Waals surface area contributed by atoms with Gasteiger partial charge in [0.2, 0.25) is 0 Å². The zero-order valence-electron chi connectivity index (χ0n) is 15.1. The van der Waals surface area contributed by atoms with Gasteiger partial charge in [0.05, 0.1) is 18.2 Å². The molecule has 2 aliphatic carbocycles. The van der Waals surface area contributed by atoms with Crippen LogP contribution in [-0.4, -0.2) is 42.5 Å². The lowest BCUT2D eigenvalue weighted by Gasteiger charge is -2.55. The van der Waals surface area contributed by atoms with Crippen LogP contribution < -0.4 is 10.6 Å². The molecule has 0 bridgehead atoms. The fourth-order valence-electron chi connectivity index (χ4n) is 3.86. The summed E-state index contributed by atoms with van der Waals surface area (Å²) in [6, 6.07) is 0.752. The van der Waals surface area contributed by atoms with Gasteiger partial charge in [-0.25, -0.2) is 4.79 Å². The molecule has 5 atom stereocenters. The normalized spacial score (nSPS) is 36.4. The fourth-order valence-corrected chi connectivity index (χ4v) is 3.86. The molecule has 2 saturated carbocycles. The van der Waals surface area contributed by atoms with Crippen molar-refractivity contribution in [1.29, 1.82) is 0 Å². The fraction of sp³-hybridized carbons (Fsp3) is 0.944. The Kier molecular flexibility index (Phi) is 4.38. The molecule has 1 saturated heterocycles. The molecule has 2 N–H and O–H groups in total. The van der Waals surface area contributed by atoms with Gasteiger partial charge in [0.25, 0.3) is 0 Å². The Bertz CT molecular complexity index is 456. The Labute approximate surface area is 139 Å². The van der Waals surface area contributed by atoms with Crippen LogP contribution in [0.1, 0.15) is 60.3 Å². The second-order valence-electron chi connectivity index (χ2n) is 8.88. The van der Waals surface area contributed by atoms with E-state index in [1.165, 1.54) is 12.8 Å². The number of hydrogen-bond donors (Lipinski definition) is 2. The number of nitrogens with one attached hydrogen (secondary N) is 2. The van der Waals surface area contributed by atoms with Gasteiger partial charge in [-0.2, -0.15) is 0 Å². The van der Waals surface area contributed by atoms with Crippen LogP contribution in [0.2, 0.25) is 0 Å². The Morgan fingerprint density at radius 3 is 2.61 bits per heavy atom. The average Bonchev–Trinajstić information content (AvgIpc) is 3.19. The van der Waals surface area contributed by atoms with Crippen molar-refractivity contribution < 1.29 is 14.3 Å². The van der Waals surface area contributed by atoms with Crippen LogP contribution in [0.25, 0.3) is 0 Å². The Morgan fingerprint density at radius 2 is 2.00 bits per heavy atom. The molecule has 23 heavy (non-hydrogen) atoms. The van der Waals surface area contributed by atoms with E-state index in [1.807, 2.05) is 20.8 Å². The number of fused-ring (bicyclic) bond motifs is 1. The smallest absolute Gasteiger partial charge is 0.407 e. The minimum atomic E-state index is -0.464. The first kappa shape index (κ1) is 17.0. The molecule has 0 aromatic heterocycles. The molecule has 1 amide bonds. The van der Waals surface area contributed by atoms with E-state index >= 15 is 0 Å². The number of carbonyl (C=O) groups is 1. The molecule has 1 aliphatic heterocycles. The lowest BCUT2D eigenvalue weighted by molar-refractivity contribution is -0.131. The summed E-state index contributed by atoms with van der Waals surface area (Å²) in [4.78, 5) is 12.2. The van der Waals surface area contributed by atoms with Gasteiger partial charge < -0.3 is 20.1 Å². The lowest BCUT2D eigenvalue weighted by atomic mass is 9.67. The Balaban J connectivity index is 1.62. The van der Waals surface area contributed by atoms with Gasteiger partial charge in [0.15, 0.2) is 0 Å². The maximum atomic E-state index is 12.2. The molecule has 0 aromatic rings. The molecule has 132 valence electrons. The molecule has 1 heterocycles. The number of alkyl carbamates (subject to hydrolysis) is 1. The van der Waals surface area contributed by atoms with Crippen molar-refractivity contribution in [3.8, 4) is 0 Å². The first-order valence-electron chi connectivity index (χ1n) is 9.07. The molecule has 5 unspecified atom stereocenters. The zero-order chi connectivity index (χ0) is 16.8. The quantitative estimate of drug-likeness (QED) is 0.835. The van der Waals surface area contributed by atoms with Crippen LogP contribution in [-0.2, 0) is 9.47 Å². The van der Waals surface area contributed by atoms with Gasteiger partial charge in [-0.3, -0.25) is 0 Å². The molecular formula is C18H32N2O3. The van der Waals surface area contributed by atoms with E-state index in [0.29, 0.717) is 17.4 Å². The van der Waals surface area contributed by atoms with Crippen molar-refractivity contribution >= 4 is 6.09 Å². The number of amides is 1. The van der Waals surface area contributed by atoms with E-state index in [4.69, 9.17) is 9.47 Å². The summed E-state index contributed by atoms with van der Waals surface area (Å²) < 4.78 is 11.4. The van der Waals surface area contributed by atoms with Crippen LogP contribution in [0.15, 0.2) is 0 Å². The van der Waals surface area contributed by atoms with Crippen molar-refractivity contribution in [2.75, 3.05) is 6.61 Å². The second-order valence-corrected chi connectivity index (χ2v) is 8.88. The molecule has 5 nitrogen and oxygen atoms in total. The highest BCUT2D eigenvalue weighted by atomic mass is 16.6. The minimum Gasteiger partial charge on any atom is -0.444 e. The van der Waals surface area contributed by atoms with Crippen molar-refractivity contribution in [2.24, 2.45) is 11.3 Å². The minimum absolute atomic E-state index is 0.111.